The van der Waals surface area contributed by atoms with E-state index >= 15 is 0 Å². The molecule has 0 aliphatic heterocycles. The largest absolute Gasteiger partial charge is 0.363 e. The van der Waals surface area contributed by atoms with E-state index in [0.29, 0.717) is 15.9 Å². The molecule has 2 aromatic heterocycles. The zero-order valence-corrected chi connectivity index (χ0v) is 14.9. The van der Waals surface area contributed by atoms with Crippen molar-refractivity contribution >= 4 is 33.4 Å². The van der Waals surface area contributed by atoms with Crippen LogP contribution in [0, 0.1) is 18.3 Å². The zero-order valence-electron chi connectivity index (χ0n) is 13.3. The number of alkyl halides is 2. The van der Waals surface area contributed by atoms with Gasteiger partial charge >= 0.3 is 0 Å². The van der Waals surface area contributed by atoms with E-state index in [1.165, 1.54) is 6.20 Å². The van der Waals surface area contributed by atoms with Crippen molar-refractivity contribution in [1.82, 2.24) is 19.7 Å². The maximum absolute atomic E-state index is 12.3. The van der Waals surface area contributed by atoms with Gasteiger partial charge in [-0.25, -0.2) is 13.8 Å². The third-order valence-electron chi connectivity index (χ3n) is 3.16. The summed E-state index contributed by atoms with van der Waals surface area (Å²) in [7, 11) is 0. The summed E-state index contributed by atoms with van der Waals surface area (Å²) in [5.41, 5.74) is 0.488. The molecule has 0 bridgehead atoms. The molecule has 128 valence electrons. The molecule has 2 aromatic rings. The van der Waals surface area contributed by atoms with Crippen molar-refractivity contribution in [3.05, 3.63) is 22.6 Å². The molecule has 2 rings (SSSR count). The monoisotopic (exact) mass is 399 g/mol. The second kappa shape index (κ2) is 7.09. The second-order valence-corrected chi connectivity index (χ2v) is 6.39. The first kappa shape index (κ1) is 18.1. The summed E-state index contributed by atoms with van der Waals surface area (Å²) in [5, 5.41) is 19.0. The Balaban J connectivity index is 2.23. The average Bonchev–Trinajstić information content (AvgIpc) is 2.89. The number of hydrogen-bond acceptors (Lipinski definition) is 6. The first-order valence-corrected chi connectivity index (χ1v) is 7.82. The number of aromatic nitrogens is 4. The molecule has 10 heteroatoms. The summed E-state index contributed by atoms with van der Waals surface area (Å²) in [6.07, 6.45) is 0.648. The fourth-order valence-electron chi connectivity index (χ4n) is 1.77. The zero-order chi connectivity index (χ0) is 17.9. The van der Waals surface area contributed by atoms with E-state index in [9.17, 15) is 14.0 Å². The lowest BCUT2D eigenvalue weighted by Crippen LogP contribution is -2.24. The van der Waals surface area contributed by atoms with Gasteiger partial charge in [-0.15, -0.1) is 0 Å². The standard InChI is InChI=1S/C14H16BrF2N7/c1-8-10(6-24(23-8)14(2,3)7-18)21-13-20-4-9(15)12(22-13)19-5-11(16)17/h4,6,11H,5H2,1-3H3,(H2,19,20,21,22). The van der Waals surface area contributed by atoms with Gasteiger partial charge in [0.15, 0.2) is 0 Å². The van der Waals surface area contributed by atoms with Gasteiger partial charge in [0.2, 0.25) is 5.95 Å². The fourth-order valence-corrected chi connectivity index (χ4v) is 2.10. The summed E-state index contributed by atoms with van der Waals surface area (Å²) < 4.78 is 26.7. The number of rotatable bonds is 6. The second-order valence-electron chi connectivity index (χ2n) is 5.53. The molecular formula is C14H16BrF2N7. The van der Waals surface area contributed by atoms with Gasteiger partial charge in [-0.1, -0.05) is 0 Å². The van der Waals surface area contributed by atoms with Crippen molar-refractivity contribution in [2.24, 2.45) is 0 Å². The number of anilines is 3. The van der Waals surface area contributed by atoms with Crippen LogP contribution in [0.15, 0.2) is 16.9 Å². The minimum Gasteiger partial charge on any atom is -0.363 e. The van der Waals surface area contributed by atoms with Crippen molar-refractivity contribution in [3.63, 3.8) is 0 Å². The molecule has 0 saturated carbocycles. The van der Waals surface area contributed by atoms with Gasteiger partial charge in [0, 0.05) is 6.20 Å². The van der Waals surface area contributed by atoms with Gasteiger partial charge in [-0.05, 0) is 36.7 Å². The molecule has 0 amide bonds. The topological polar surface area (TPSA) is 91.5 Å². The van der Waals surface area contributed by atoms with E-state index in [1.807, 2.05) is 0 Å². The first-order chi connectivity index (χ1) is 11.2. The van der Waals surface area contributed by atoms with Crippen LogP contribution in [0.5, 0.6) is 0 Å². The van der Waals surface area contributed by atoms with Crippen molar-refractivity contribution in [2.75, 3.05) is 17.2 Å². The highest BCUT2D eigenvalue weighted by atomic mass is 79.9. The highest BCUT2D eigenvalue weighted by Crippen LogP contribution is 2.25. The number of halogens is 3. The fraction of sp³-hybridized carbons (Fsp3) is 0.429. The van der Waals surface area contributed by atoms with Crippen molar-refractivity contribution in [3.8, 4) is 6.07 Å². The summed E-state index contributed by atoms with van der Waals surface area (Å²) >= 11 is 3.21. The highest BCUT2D eigenvalue weighted by Gasteiger charge is 2.22. The Morgan fingerprint density at radius 3 is 2.79 bits per heavy atom. The highest BCUT2D eigenvalue weighted by molar-refractivity contribution is 9.10. The molecule has 0 radical (unpaired) electrons. The number of nitriles is 1. The lowest BCUT2D eigenvalue weighted by atomic mass is 10.1. The predicted octanol–water partition coefficient (Wildman–Crippen LogP) is 3.42. The van der Waals surface area contributed by atoms with Gasteiger partial charge in [0.1, 0.15) is 11.4 Å². The van der Waals surface area contributed by atoms with Crippen molar-refractivity contribution in [2.45, 2.75) is 32.7 Å². The molecule has 7 nitrogen and oxygen atoms in total. The summed E-state index contributed by atoms with van der Waals surface area (Å²) in [6.45, 7) is 4.75. The SMILES string of the molecule is Cc1nn(C(C)(C)C#N)cc1Nc1ncc(Br)c(NCC(F)F)n1. The van der Waals surface area contributed by atoms with E-state index in [2.05, 4.69) is 47.7 Å². The Hall–Kier alpha value is -2.28. The Morgan fingerprint density at radius 2 is 2.17 bits per heavy atom. The molecule has 0 aliphatic rings. The molecule has 0 unspecified atom stereocenters. The lowest BCUT2D eigenvalue weighted by molar-refractivity contribution is 0.163. The molecular weight excluding hydrogens is 384 g/mol. The van der Waals surface area contributed by atoms with E-state index in [4.69, 9.17) is 0 Å². The van der Waals surface area contributed by atoms with Crippen LogP contribution in [0.4, 0.5) is 26.2 Å². The molecule has 24 heavy (non-hydrogen) atoms. The summed E-state index contributed by atoms with van der Waals surface area (Å²) in [4.78, 5) is 8.25. The normalized spacial score (nSPS) is 11.4. The van der Waals surface area contributed by atoms with E-state index < -0.39 is 18.5 Å². The van der Waals surface area contributed by atoms with Crippen LogP contribution in [0.3, 0.4) is 0 Å². The van der Waals surface area contributed by atoms with Crippen LogP contribution >= 0.6 is 15.9 Å². The minimum absolute atomic E-state index is 0.229. The van der Waals surface area contributed by atoms with Gasteiger partial charge in [0.25, 0.3) is 6.43 Å². The smallest absolute Gasteiger partial charge is 0.255 e. The number of aryl methyl sites for hydroxylation is 1. The van der Waals surface area contributed by atoms with Crippen molar-refractivity contribution in [1.29, 1.82) is 5.26 Å². The van der Waals surface area contributed by atoms with Crippen LogP contribution in [-0.4, -0.2) is 32.7 Å². The molecule has 2 N–H and O–H groups in total. The molecule has 0 saturated heterocycles. The Bertz CT molecular complexity index is 767. The van der Waals surface area contributed by atoms with E-state index in [1.54, 1.807) is 31.6 Å². The van der Waals surface area contributed by atoms with E-state index in [-0.39, 0.29) is 11.8 Å². The molecule has 0 spiro atoms. The third kappa shape index (κ3) is 4.17. The van der Waals surface area contributed by atoms with Crippen LogP contribution in [0.2, 0.25) is 0 Å². The van der Waals surface area contributed by atoms with Crippen LogP contribution in [0.25, 0.3) is 0 Å². The van der Waals surface area contributed by atoms with Gasteiger partial charge in [0.05, 0.1) is 34.7 Å². The van der Waals surface area contributed by atoms with Gasteiger partial charge in [-0.3, -0.25) is 4.68 Å². The van der Waals surface area contributed by atoms with Crippen LogP contribution < -0.4 is 10.6 Å². The van der Waals surface area contributed by atoms with Gasteiger partial charge < -0.3 is 10.6 Å². The lowest BCUT2D eigenvalue weighted by Gasteiger charge is -2.15. The van der Waals surface area contributed by atoms with Crippen LogP contribution in [-0.2, 0) is 5.54 Å². The molecule has 0 aliphatic carbocycles. The van der Waals surface area contributed by atoms with Crippen LogP contribution in [0.1, 0.15) is 19.5 Å². The molecule has 0 fully saturated rings. The van der Waals surface area contributed by atoms with E-state index in [0.717, 1.165) is 0 Å². The average molecular weight is 400 g/mol. The summed E-state index contributed by atoms with van der Waals surface area (Å²) in [5.74, 6) is 0.488. The number of hydrogen-bond donors (Lipinski definition) is 2. The number of nitrogens with one attached hydrogen (secondary N) is 2. The maximum atomic E-state index is 12.3. The van der Waals surface area contributed by atoms with Gasteiger partial charge in [-0.2, -0.15) is 15.3 Å². The quantitative estimate of drug-likeness (QED) is 0.772. The molecule has 0 atom stereocenters. The maximum Gasteiger partial charge on any atom is 0.255 e. The third-order valence-corrected chi connectivity index (χ3v) is 3.74. The molecule has 2 heterocycles. The summed E-state index contributed by atoms with van der Waals surface area (Å²) in [6, 6.07) is 2.16. The Labute approximate surface area is 146 Å². The number of nitrogens with zero attached hydrogens (tertiary/aromatic N) is 5. The Kier molecular flexibility index (Phi) is 5.33. The molecule has 0 aromatic carbocycles. The minimum atomic E-state index is -2.49. The first-order valence-electron chi connectivity index (χ1n) is 7.02. The predicted molar refractivity (Wildman–Crippen MR) is 89.4 cm³/mol. The Morgan fingerprint density at radius 1 is 1.46 bits per heavy atom. The van der Waals surface area contributed by atoms with Crippen molar-refractivity contribution < 1.29 is 8.78 Å².